The lowest BCUT2D eigenvalue weighted by Crippen LogP contribution is -2.43. The van der Waals surface area contributed by atoms with E-state index in [4.69, 9.17) is 18.9 Å². The van der Waals surface area contributed by atoms with Gasteiger partial charge in [0.1, 0.15) is 32.6 Å². The van der Waals surface area contributed by atoms with Gasteiger partial charge in [-0.05, 0) is 43.5 Å². The van der Waals surface area contributed by atoms with Gasteiger partial charge in [0, 0.05) is 11.6 Å². The van der Waals surface area contributed by atoms with Gasteiger partial charge in [-0.3, -0.25) is 10.1 Å². The first-order valence-corrected chi connectivity index (χ1v) is 14.7. The van der Waals surface area contributed by atoms with Crippen LogP contribution in [-0.4, -0.2) is 57.6 Å². The third-order valence-electron chi connectivity index (χ3n) is 5.90. The van der Waals surface area contributed by atoms with Crippen LogP contribution in [0.25, 0.3) is 0 Å². The summed E-state index contributed by atoms with van der Waals surface area (Å²) in [6, 6.07) is 4.63. The van der Waals surface area contributed by atoms with Crippen molar-refractivity contribution in [2.24, 2.45) is 0 Å². The zero-order valence-corrected chi connectivity index (χ0v) is 24.3. The summed E-state index contributed by atoms with van der Waals surface area (Å²) in [4.78, 5) is 22.6. The maximum atomic E-state index is 11.6. The van der Waals surface area contributed by atoms with Gasteiger partial charge in [0.25, 0.3) is 5.69 Å². The van der Waals surface area contributed by atoms with E-state index in [1.165, 1.54) is 12.1 Å². The number of non-ortho nitro benzene ring substituents is 1. The summed E-state index contributed by atoms with van der Waals surface area (Å²) >= 11 is 0. The molecule has 0 aliphatic rings. The number of esters is 1. The summed E-state index contributed by atoms with van der Waals surface area (Å²) in [5.74, 6) is 3.21. The molecule has 0 spiro atoms. The monoisotopic (exact) mass is 521 g/mol. The van der Waals surface area contributed by atoms with Crippen LogP contribution in [0, 0.1) is 21.6 Å². The normalized spacial score (nSPS) is 12.0. The topological polar surface area (TPSA) is 97.1 Å². The molecule has 1 rings (SSSR count). The molecule has 36 heavy (non-hydrogen) atoms. The zero-order valence-electron chi connectivity index (χ0n) is 23.3. The van der Waals surface area contributed by atoms with Crippen LogP contribution in [-0.2, 0) is 19.0 Å². The fourth-order valence-electron chi connectivity index (χ4n) is 4.42. The molecule has 1 aromatic rings. The molecule has 0 radical (unpaired) electrons. The van der Waals surface area contributed by atoms with Crippen LogP contribution in [0.1, 0.15) is 67.9 Å². The molecule has 8 nitrogen and oxygen atoms in total. The second-order valence-corrected chi connectivity index (χ2v) is 16.3. The van der Waals surface area contributed by atoms with Crippen molar-refractivity contribution in [3.05, 3.63) is 33.9 Å². The molecular formula is C27H43NO7Si. The van der Waals surface area contributed by atoms with Gasteiger partial charge in [0.2, 0.25) is 0 Å². The van der Waals surface area contributed by atoms with Crippen molar-refractivity contribution in [1.29, 1.82) is 0 Å². The van der Waals surface area contributed by atoms with E-state index in [-0.39, 0.29) is 38.7 Å². The Hall–Kier alpha value is -2.41. The van der Waals surface area contributed by atoms with Crippen LogP contribution in [0.15, 0.2) is 18.2 Å². The minimum absolute atomic E-state index is 0.0563. The van der Waals surface area contributed by atoms with E-state index in [0.717, 1.165) is 0 Å². The van der Waals surface area contributed by atoms with Gasteiger partial charge in [0.05, 0.1) is 30.8 Å². The summed E-state index contributed by atoms with van der Waals surface area (Å²) < 4.78 is 21.6. The number of ether oxygens (including phenoxy) is 4. The van der Waals surface area contributed by atoms with Gasteiger partial charge in [0.15, 0.2) is 0 Å². The number of carbonyl (C=O) groups is 1. The highest BCUT2D eigenvalue weighted by molar-refractivity contribution is 6.90. The maximum Gasteiger partial charge on any atom is 0.332 e. The third-order valence-corrected chi connectivity index (χ3v) is 12.2. The van der Waals surface area contributed by atoms with Gasteiger partial charge in [-0.25, -0.2) is 4.79 Å². The summed E-state index contributed by atoms with van der Waals surface area (Å²) in [6.45, 7) is 19.6. The standard InChI is InChI=1S/C27H43NO7Si/c1-20(2)36(21(3)4,22(5)6)15-10-23-16-24(28(30)31)18-25(17-23)34-14-13-32-11-12-33-19-26(29)35-27(7,8)9/h16-18,20-22H,11-14,19H2,1-9H3. The summed E-state index contributed by atoms with van der Waals surface area (Å²) in [6.07, 6.45) is 0. The van der Waals surface area contributed by atoms with E-state index in [9.17, 15) is 14.9 Å². The predicted octanol–water partition coefficient (Wildman–Crippen LogP) is 5.92. The molecule has 202 valence electrons. The molecule has 0 amide bonds. The highest BCUT2D eigenvalue weighted by atomic mass is 28.3. The first-order chi connectivity index (χ1) is 16.7. The lowest BCUT2D eigenvalue weighted by molar-refractivity contribution is -0.385. The van der Waals surface area contributed by atoms with Crippen molar-refractivity contribution in [2.75, 3.05) is 33.0 Å². The van der Waals surface area contributed by atoms with Crippen LogP contribution in [0.5, 0.6) is 5.75 Å². The Labute approximate surface area is 217 Å². The smallest absolute Gasteiger partial charge is 0.332 e. The van der Waals surface area contributed by atoms with Crippen LogP contribution in [0.4, 0.5) is 5.69 Å². The fourth-order valence-corrected chi connectivity index (χ4v) is 9.65. The van der Waals surface area contributed by atoms with Gasteiger partial charge in [-0.2, -0.15) is 0 Å². The van der Waals surface area contributed by atoms with Crippen LogP contribution >= 0.6 is 0 Å². The molecule has 0 aliphatic carbocycles. The van der Waals surface area contributed by atoms with Gasteiger partial charge in [-0.15, -0.1) is 5.54 Å². The van der Waals surface area contributed by atoms with Crippen LogP contribution in [0.2, 0.25) is 16.6 Å². The van der Waals surface area contributed by atoms with E-state index < -0.39 is 24.6 Å². The Morgan fingerprint density at radius 3 is 2.03 bits per heavy atom. The lowest BCUT2D eigenvalue weighted by Gasteiger charge is -2.38. The molecular weight excluding hydrogens is 478 g/mol. The average Bonchev–Trinajstić information content (AvgIpc) is 2.73. The third kappa shape index (κ3) is 10.3. The van der Waals surface area contributed by atoms with Crippen molar-refractivity contribution in [3.63, 3.8) is 0 Å². The maximum absolute atomic E-state index is 11.6. The molecule has 0 fully saturated rings. The highest BCUT2D eigenvalue weighted by Gasteiger charge is 2.41. The van der Waals surface area contributed by atoms with Gasteiger partial charge in [-0.1, -0.05) is 47.5 Å². The molecule has 0 unspecified atom stereocenters. The zero-order chi connectivity index (χ0) is 27.5. The Kier molecular flexibility index (Phi) is 12.6. The largest absolute Gasteiger partial charge is 0.491 e. The molecule has 1 aromatic carbocycles. The quantitative estimate of drug-likeness (QED) is 0.0794. The lowest BCUT2D eigenvalue weighted by atomic mass is 10.2. The molecule has 0 aliphatic heterocycles. The molecule has 0 saturated carbocycles. The van der Waals surface area contributed by atoms with Crippen LogP contribution < -0.4 is 4.74 Å². The SMILES string of the molecule is CC(C)[Si](C#Cc1cc(OCCOCCOCC(=O)OC(C)(C)C)cc([N+](=O)[O-])c1)(C(C)C)C(C)C. The summed E-state index contributed by atoms with van der Waals surface area (Å²) in [5, 5.41) is 11.5. The van der Waals surface area contributed by atoms with Crippen LogP contribution in [0.3, 0.4) is 0 Å². The van der Waals surface area contributed by atoms with Crippen molar-refractivity contribution in [2.45, 2.75) is 84.5 Å². The number of carbonyl (C=O) groups excluding carboxylic acids is 1. The number of hydrogen-bond donors (Lipinski definition) is 0. The number of hydrogen-bond acceptors (Lipinski definition) is 7. The predicted molar refractivity (Wildman–Crippen MR) is 144 cm³/mol. The Balaban J connectivity index is 2.72. The molecule has 0 bridgehead atoms. The number of nitrogens with zero attached hydrogens (tertiary/aromatic N) is 1. The Bertz CT molecular complexity index is 905. The van der Waals surface area contributed by atoms with E-state index in [0.29, 0.717) is 27.9 Å². The molecule has 9 heteroatoms. The van der Waals surface area contributed by atoms with Crippen molar-refractivity contribution < 1.29 is 28.7 Å². The molecule has 0 aromatic heterocycles. The fraction of sp³-hybridized carbons (Fsp3) is 0.667. The summed E-state index contributed by atoms with van der Waals surface area (Å²) in [5.41, 5.74) is 4.96. The number of nitro benzene ring substituents is 1. The number of rotatable bonds is 13. The van der Waals surface area contributed by atoms with Crippen molar-refractivity contribution in [1.82, 2.24) is 0 Å². The number of benzene rings is 1. The van der Waals surface area contributed by atoms with E-state index in [1.54, 1.807) is 26.8 Å². The number of nitro groups is 1. The molecule has 0 N–H and O–H groups in total. The second-order valence-electron chi connectivity index (χ2n) is 10.7. The Morgan fingerprint density at radius 1 is 0.944 bits per heavy atom. The van der Waals surface area contributed by atoms with Gasteiger partial charge < -0.3 is 18.9 Å². The van der Waals surface area contributed by atoms with E-state index in [2.05, 4.69) is 53.0 Å². The second kappa shape index (κ2) is 14.4. The molecule has 0 heterocycles. The van der Waals surface area contributed by atoms with Gasteiger partial charge >= 0.3 is 5.97 Å². The summed E-state index contributed by atoms with van der Waals surface area (Å²) in [7, 11) is -1.97. The van der Waals surface area contributed by atoms with E-state index >= 15 is 0 Å². The molecule has 0 atom stereocenters. The minimum atomic E-state index is -1.97. The highest BCUT2D eigenvalue weighted by Crippen LogP contribution is 2.40. The molecule has 0 saturated heterocycles. The minimum Gasteiger partial charge on any atom is -0.491 e. The average molecular weight is 522 g/mol. The van der Waals surface area contributed by atoms with E-state index in [1.807, 2.05) is 0 Å². The first-order valence-electron chi connectivity index (χ1n) is 12.5. The first kappa shape index (κ1) is 31.6. The van der Waals surface area contributed by atoms with Crippen molar-refractivity contribution in [3.8, 4) is 17.2 Å². The van der Waals surface area contributed by atoms with Crippen molar-refractivity contribution >= 4 is 19.7 Å². The Morgan fingerprint density at radius 2 is 1.50 bits per heavy atom.